The second kappa shape index (κ2) is 10.6. The first kappa shape index (κ1) is 26.8. The molecule has 0 radical (unpaired) electrons. The van der Waals surface area contributed by atoms with Crippen LogP contribution in [-0.4, -0.2) is 53.3 Å². The molecular formula is C25H28N6O6S. The van der Waals surface area contributed by atoms with Crippen LogP contribution in [0.4, 0.5) is 5.95 Å². The summed E-state index contributed by atoms with van der Waals surface area (Å²) in [6.45, 7) is 6.28. The van der Waals surface area contributed by atoms with Crippen LogP contribution in [0.2, 0.25) is 0 Å². The maximum absolute atomic E-state index is 13.2. The summed E-state index contributed by atoms with van der Waals surface area (Å²) >= 11 is 0. The minimum Gasteiger partial charge on any atom is -0.494 e. The number of sulfonamides is 1. The van der Waals surface area contributed by atoms with E-state index in [1.54, 1.807) is 53.4 Å². The van der Waals surface area contributed by atoms with Gasteiger partial charge in [0.1, 0.15) is 17.0 Å². The Morgan fingerprint density at radius 3 is 2.42 bits per heavy atom. The number of carbonyl (C=O) groups excluding carboxylic acids is 2. The van der Waals surface area contributed by atoms with Crippen molar-refractivity contribution in [1.29, 1.82) is 0 Å². The van der Waals surface area contributed by atoms with Crippen molar-refractivity contribution in [2.45, 2.75) is 38.8 Å². The molecule has 2 heterocycles. The lowest BCUT2D eigenvalue weighted by atomic mass is 10.1. The zero-order chi connectivity index (χ0) is 27.6. The number of methoxy groups -OCH3 is 1. The van der Waals surface area contributed by atoms with Crippen molar-refractivity contribution in [3.05, 3.63) is 65.0 Å². The number of hydrogen-bond donors (Lipinski definition) is 2. The van der Waals surface area contributed by atoms with E-state index in [9.17, 15) is 18.0 Å². The number of imidazole rings is 1. The number of aryl methyl sites for hydroxylation is 2. The van der Waals surface area contributed by atoms with Crippen LogP contribution in [0, 0.1) is 6.92 Å². The van der Waals surface area contributed by atoms with Crippen molar-refractivity contribution in [2.24, 2.45) is 5.14 Å². The number of nitrogens with zero attached hydrogens (tertiary/aromatic N) is 4. The normalized spacial score (nSPS) is 11.5. The smallest absolute Gasteiger partial charge is 0.338 e. The third-order valence-electron chi connectivity index (χ3n) is 5.79. The number of primary sulfonamides is 1. The van der Waals surface area contributed by atoms with Crippen LogP contribution in [0.15, 0.2) is 47.4 Å². The van der Waals surface area contributed by atoms with Crippen LogP contribution in [-0.2, 0) is 27.8 Å². The number of anilines is 1. The number of benzene rings is 2. The molecule has 3 N–H and O–H groups in total. The van der Waals surface area contributed by atoms with Gasteiger partial charge in [0.05, 0.1) is 41.9 Å². The summed E-state index contributed by atoms with van der Waals surface area (Å²) in [6, 6.07) is 10.8. The van der Waals surface area contributed by atoms with Crippen LogP contribution >= 0.6 is 0 Å². The van der Waals surface area contributed by atoms with Gasteiger partial charge >= 0.3 is 5.97 Å². The molecule has 0 spiro atoms. The zero-order valence-electron chi connectivity index (χ0n) is 21.4. The molecule has 13 heteroatoms. The molecule has 0 fully saturated rings. The van der Waals surface area contributed by atoms with Gasteiger partial charge in [-0.2, -0.15) is 5.10 Å². The van der Waals surface area contributed by atoms with Crippen molar-refractivity contribution in [2.75, 3.05) is 19.0 Å². The fourth-order valence-corrected chi connectivity index (χ4v) is 4.58. The van der Waals surface area contributed by atoms with E-state index < -0.39 is 21.9 Å². The van der Waals surface area contributed by atoms with E-state index in [0.29, 0.717) is 40.3 Å². The molecule has 38 heavy (non-hydrogen) atoms. The standard InChI is InChI=1S/C25H28N6O6S/c1-5-31-20(11-15(3)29-31)23(32)28-25-27-19-12-17(24(33)37-6-2)13-21(36-4)22(19)30(25)14-16-7-9-18(10-8-16)38(26,34)35/h7-13H,5-6,14H2,1-4H3,(H2,26,34,35)(H,27,28,32). The van der Waals surface area contributed by atoms with E-state index in [1.165, 1.54) is 19.2 Å². The molecule has 0 aliphatic carbocycles. The lowest BCUT2D eigenvalue weighted by Gasteiger charge is -2.13. The molecular weight excluding hydrogens is 512 g/mol. The highest BCUT2D eigenvalue weighted by Gasteiger charge is 2.22. The van der Waals surface area contributed by atoms with Gasteiger partial charge in [0.25, 0.3) is 5.91 Å². The Morgan fingerprint density at radius 2 is 1.82 bits per heavy atom. The lowest BCUT2D eigenvalue weighted by Crippen LogP contribution is -2.20. The molecule has 12 nitrogen and oxygen atoms in total. The quantitative estimate of drug-likeness (QED) is 0.306. The lowest BCUT2D eigenvalue weighted by molar-refractivity contribution is 0.0526. The molecule has 0 atom stereocenters. The minimum atomic E-state index is -3.85. The molecule has 1 amide bonds. The number of nitrogens with one attached hydrogen (secondary N) is 1. The van der Waals surface area contributed by atoms with Gasteiger partial charge in [-0.15, -0.1) is 0 Å². The minimum absolute atomic E-state index is 0.0230. The number of rotatable bonds is 9. The zero-order valence-corrected chi connectivity index (χ0v) is 22.2. The molecule has 0 aliphatic heterocycles. The predicted molar refractivity (Wildman–Crippen MR) is 140 cm³/mol. The summed E-state index contributed by atoms with van der Waals surface area (Å²) < 4.78 is 37.4. The molecule has 2 aromatic heterocycles. The van der Waals surface area contributed by atoms with E-state index in [4.69, 9.17) is 14.6 Å². The van der Waals surface area contributed by atoms with Crippen molar-refractivity contribution < 1.29 is 27.5 Å². The molecule has 2 aromatic carbocycles. The van der Waals surface area contributed by atoms with Crippen LogP contribution in [0.3, 0.4) is 0 Å². The summed E-state index contributed by atoms with van der Waals surface area (Å²) in [5.74, 6) is -0.414. The SMILES string of the molecule is CCOC(=O)c1cc(OC)c2c(c1)nc(NC(=O)c1cc(C)nn1CC)n2Cc1ccc(S(N)(=O)=O)cc1. The average Bonchev–Trinajstić information content (AvgIpc) is 3.43. The number of ether oxygens (including phenoxy) is 2. The van der Waals surface area contributed by atoms with E-state index in [2.05, 4.69) is 15.4 Å². The Balaban J connectivity index is 1.84. The van der Waals surface area contributed by atoms with Gasteiger partial charge in [-0.1, -0.05) is 12.1 Å². The summed E-state index contributed by atoms with van der Waals surface area (Å²) in [6.07, 6.45) is 0. The second-order valence-corrected chi connectivity index (χ2v) is 9.98. The van der Waals surface area contributed by atoms with E-state index in [-0.39, 0.29) is 29.6 Å². The molecule has 4 aromatic rings. The first-order valence-corrected chi connectivity index (χ1v) is 13.3. The molecule has 200 valence electrons. The number of nitrogens with two attached hydrogens (primary N) is 1. The van der Waals surface area contributed by atoms with Gasteiger partial charge in [-0.05, 0) is 56.7 Å². The summed E-state index contributed by atoms with van der Waals surface area (Å²) in [5.41, 5.74) is 2.92. The fourth-order valence-electron chi connectivity index (χ4n) is 4.07. The largest absolute Gasteiger partial charge is 0.494 e. The maximum Gasteiger partial charge on any atom is 0.338 e. The van der Waals surface area contributed by atoms with E-state index in [1.807, 2.05) is 6.92 Å². The molecule has 0 unspecified atom stereocenters. The van der Waals surface area contributed by atoms with Crippen LogP contribution in [0.1, 0.15) is 46.0 Å². The van der Waals surface area contributed by atoms with Crippen molar-refractivity contribution in [1.82, 2.24) is 19.3 Å². The van der Waals surface area contributed by atoms with E-state index >= 15 is 0 Å². The Kier molecular flexibility index (Phi) is 7.51. The third-order valence-corrected chi connectivity index (χ3v) is 6.72. The van der Waals surface area contributed by atoms with E-state index in [0.717, 1.165) is 0 Å². The first-order chi connectivity index (χ1) is 18.0. The monoisotopic (exact) mass is 540 g/mol. The van der Waals surface area contributed by atoms with Gasteiger partial charge in [0.2, 0.25) is 16.0 Å². The number of carbonyl (C=O) groups is 2. The predicted octanol–water partition coefficient (Wildman–Crippen LogP) is 2.69. The van der Waals surface area contributed by atoms with Crippen LogP contribution in [0.5, 0.6) is 5.75 Å². The number of hydrogen-bond acceptors (Lipinski definition) is 8. The number of amides is 1. The Hall–Kier alpha value is -4.23. The average molecular weight is 541 g/mol. The van der Waals surface area contributed by atoms with Crippen molar-refractivity contribution in [3.63, 3.8) is 0 Å². The van der Waals surface area contributed by atoms with Crippen molar-refractivity contribution >= 4 is 38.9 Å². The maximum atomic E-state index is 13.2. The Morgan fingerprint density at radius 1 is 1.11 bits per heavy atom. The summed E-state index contributed by atoms with van der Waals surface area (Å²) in [5, 5.41) is 12.4. The fraction of sp³-hybridized carbons (Fsp3) is 0.280. The van der Waals surface area contributed by atoms with Gasteiger partial charge in [0.15, 0.2) is 0 Å². The number of aromatic nitrogens is 4. The van der Waals surface area contributed by atoms with Gasteiger partial charge in [0, 0.05) is 6.54 Å². The number of fused-ring (bicyclic) bond motifs is 1. The Bertz CT molecular complexity index is 1620. The molecule has 4 rings (SSSR count). The molecule has 0 bridgehead atoms. The molecule has 0 aliphatic rings. The second-order valence-electron chi connectivity index (χ2n) is 8.42. The molecule has 0 saturated heterocycles. The highest BCUT2D eigenvalue weighted by Crippen LogP contribution is 2.32. The summed E-state index contributed by atoms with van der Waals surface area (Å²) in [7, 11) is -2.39. The van der Waals surface area contributed by atoms with Crippen molar-refractivity contribution in [3.8, 4) is 5.75 Å². The Labute approximate surface area is 219 Å². The molecule has 0 saturated carbocycles. The van der Waals surface area contributed by atoms with Crippen LogP contribution < -0.4 is 15.2 Å². The topological polar surface area (TPSA) is 160 Å². The van der Waals surface area contributed by atoms with Crippen LogP contribution in [0.25, 0.3) is 11.0 Å². The van der Waals surface area contributed by atoms with Gasteiger partial charge < -0.3 is 14.0 Å². The van der Waals surface area contributed by atoms with Gasteiger partial charge in [-0.25, -0.2) is 23.3 Å². The summed E-state index contributed by atoms with van der Waals surface area (Å²) in [4.78, 5) is 30.3. The highest BCUT2D eigenvalue weighted by molar-refractivity contribution is 7.89. The highest BCUT2D eigenvalue weighted by atomic mass is 32.2. The first-order valence-electron chi connectivity index (χ1n) is 11.8. The number of esters is 1. The van der Waals surface area contributed by atoms with Gasteiger partial charge in [-0.3, -0.25) is 14.8 Å². The third kappa shape index (κ3) is 5.38.